The predicted octanol–water partition coefficient (Wildman–Crippen LogP) is 3.33. The Morgan fingerprint density at radius 2 is 1.80 bits per heavy atom. The number of aromatic nitrogens is 1. The van der Waals surface area contributed by atoms with E-state index in [-0.39, 0.29) is 5.69 Å². The van der Waals surface area contributed by atoms with Crippen LogP contribution in [0.25, 0.3) is 22.0 Å². The second kappa shape index (κ2) is 4.74. The summed E-state index contributed by atoms with van der Waals surface area (Å²) in [5.41, 5.74) is 2.80. The number of hydrogen-bond donors (Lipinski definition) is 1. The third-order valence-corrected chi connectivity index (χ3v) is 3.28. The Morgan fingerprint density at radius 3 is 2.50 bits per heavy atom. The third-order valence-electron chi connectivity index (χ3n) is 3.28. The highest BCUT2D eigenvalue weighted by Gasteiger charge is 2.15. The van der Waals surface area contributed by atoms with E-state index in [1.165, 1.54) is 7.11 Å². The van der Waals surface area contributed by atoms with Crippen LogP contribution in [0, 0.1) is 0 Å². The lowest BCUT2D eigenvalue weighted by Crippen LogP contribution is -2.07. The lowest BCUT2D eigenvalue weighted by atomic mass is 10.0. The first-order valence-corrected chi connectivity index (χ1v) is 6.19. The summed E-state index contributed by atoms with van der Waals surface area (Å²) in [5, 5.41) is 10.8. The van der Waals surface area contributed by atoms with Gasteiger partial charge in [0, 0.05) is 5.39 Å². The minimum absolute atomic E-state index is 0.118. The highest BCUT2D eigenvalue weighted by molar-refractivity contribution is 5.96. The van der Waals surface area contributed by atoms with Crippen molar-refractivity contribution in [3.8, 4) is 11.1 Å². The summed E-state index contributed by atoms with van der Waals surface area (Å²) in [6.45, 7) is 0. The predicted molar refractivity (Wildman–Crippen MR) is 75.9 cm³/mol. The van der Waals surface area contributed by atoms with E-state index in [4.69, 9.17) is 0 Å². The van der Waals surface area contributed by atoms with Gasteiger partial charge in [-0.2, -0.15) is 4.73 Å². The lowest BCUT2D eigenvalue weighted by molar-refractivity contribution is 0.0554. The Labute approximate surface area is 115 Å². The fraction of sp³-hybridized carbons (Fsp3) is 0.0625. The van der Waals surface area contributed by atoms with E-state index in [1.54, 1.807) is 12.1 Å². The summed E-state index contributed by atoms with van der Waals surface area (Å²) < 4.78 is 5.50. The zero-order valence-corrected chi connectivity index (χ0v) is 10.9. The first-order chi connectivity index (χ1) is 9.70. The Morgan fingerprint density at radius 1 is 1.05 bits per heavy atom. The molecule has 2 aromatic carbocycles. The zero-order valence-electron chi connectivity index (χ0n) is 10.9. The van der Waals surface area contributed by atoms with Crippen LogP contribution in [0.1, 0.15) is 10.5 Å². The van der Waals surface area contributed by atoms with Crippen molar-refractivity contribution in [1.82, 2.24) is 4.73 Å². The number of ether oxygens (including phenoxy) is 1. The van der Waals surface area contributed by atoms with Crippen molar-refractivity contribution in [2.75, 3.05) is 7.11 Å². The number of nitrogens with zero attached hydrogens (tertiary/aromatic N) is 1. The molecule has 0 bridgehead atoms. The van der Waals surface area contributed by atoms with E-state index in [2.05, 4.69) is 4.74 Å². The van der Waals surface area contributed by atoms with Gasteiger partial charge >= 0.3 is 5.97 Å². The molecule has 0 aliphatic heterocycles. The first-order valence-electron chi connectivity index (χ1n) is 6.19. The molecule has 0 amide bonds. The Hall–Kier alpha value is -2.75. The molecule has 0 saturated carbocycles. The SMILES string of the molecule is COC(=O)c1cc2cc(-c3ccccc3)ccc2n1O. The maximum atomic E-state index is 11.6. The van der Waals surface area contributed by atoms with Gasteiger partial charge in [-0.05, 0) is 29.3 Å². The monoisotopic (exact) mass is 267 g/mol. The van der Waals surface area contributed by atoms with Crippen molar-refractivity contribution in [1.29, 1.82) is 0 Å². The quantitative estimate of drug-likeness (QED) is 0.572. The van der Waals surface area contributed by atoms with Crippen molar-refractivity contribution in [3.05, 3.63) is 60.3 Å². The number of methoxy groups -OCH3 is 1. The Bertz CT molecular complexity index is 775. The van der Waals surface area contributed by atoms with Gasteiger partial charge in [0.05, 0.1) is 12.6 Å². The minimum atomic E-state index is -0.565. The summed E-state index contributed by atoms with van der Waals surface area (Å²) in [6, 6.07) is 17.2. The van der Waals surface area contributed by atoms with Crippen LogP contribution in [-0.2, 0) is 4.74 Å². The molecule has 0 spiro atoms. The smallest absolute Gasteiger partial charge is 0.358 e. The van der Waals surface area contributed by atoms with Crippen molar-refractivity contribution < 1.29 is 14.7 Å². The lowest BCUT2D eigenvalue weighted by Gasteiger charge is -2.02. The van der Waals surface area contributed by atoms with Gasteiger partial charge in [-0.25, -0.2) is 4.79 Å². The summed E-state index contributed by atoms with van der Waals surface area (Å²) in [4.78, 5) is 11.6. The van der Waals surface area contributed by atoms with Gasteiger partial charge in [0.1, 0.15) is 0 Å². The fourth-order valence-electron chi connectivity index (χ4n) is 2.26. The topological polar surface area (TPSA) is 51.5 Å². The molecule has 20 heavy (non-hydrogen) atoms. The van der Waals surface area contributed by atoms with Crippen LogP contribution in [0.15, 0.2) is 54.6 Å². The van der Waals surface area contributed by atoms with Gasteiger partial charge in [0.15, 0.2) is 5.69 Å². The molecule has 100 valence electrons. The molecule has 0 fully saturated rings. The van der Waals surface area contributed by atoms with Crippen molar-refractivity contribution >= 4 is 16.9 Å². The van der Waals surface area contributed by atoms with E-state index in [0.717, 1.165) is 21.2 Å². The fourth-order valence-corrected chi connectivity index (χ4v) is 2.26. The van der Waals surface area contributed by atoms with Crippen LogP contribution >= 0.6 is 0 Å². The van der Waals surface area contributed by atoms with E-state index < -0.39 is 5.97 Å². The van der Waals surface area contributed by atoms with Crippen LogP contribution < -0.4 is 0 Å². The highest BCUT2D eigenvalue weighted by Crippen LogP contribution is 2.26. The Kier molecular flexibility index (Phi) is 2.91. The van der Waals surface area contributed by atoms with Gasteiger partial charge in [-0.15, -0.1) is 0 Å². The molecule has 1 heterocycles. The highest BCUT2D eigenvalue weighted by atomic mass is 16.5. The van der Waals surface area contributed by atoms with Gasteiger partial charge in [-0.1, -0.05) is 36.4 Å². The molecular formula is C16H13NO3. The van der Waals surface area contributed by atoms with Crippen molar-refractivity contribution in [2.24, 2.45) is 0 Å². The molecule has 3 aromatic rings. The molecule has 0 aliphatic rings. The Balaban J connectivity index is 2.15. The maximum absolute atomic E-state index is 11.6. The number of rotatable bonds is 2. The third kappa shape index (κ3) is 1.91. The number of carbonyl (C=O) groups excluding carboxylic acids is 1. The molecule has 3 rings (SSSR count). The molecule has 0 saturated heterocycles. The molecule has 0 atom stereocenters. The van der Waals surface area contributed by atoms with Crippen LogP contribution in [0.5, 0.6) is 0 Å². The maximum Gasteiger partial charge on any atom is 0.358 e. The van der Waals surface area contributed by atoms with E-state index in [1.807, 2.05) is 42.5 Å². The zero-order chi connectivity index (χ0) is 14.1. The summed E-state index contributed by atoms with van der Waals surface area (Å²) in [7, 11) is 1.29. The second-order valence-corrected chi connectivity index (χ2v) is 4.47. The van der Waals surface area contributed by atoms with Gasteiger partial charge < -0.3 is 9.94 Å². The number of carbonyl (C=O) groups is 1. The van der Waals surface area contributed by atoms with Gasteiger partial charge in [0.25, 0.3) is 0 Å². The van der Waals surface area contributed by atoms with Gasteiger partial charge in [0.2, 0.25) is 0 Å². The average Bonchev–Trinajstić information content (AvgIpc) is 2.84. The molecule has 0 aliphatic carbocycles. The number of hydrogen-bond acceptors (Lipinski definition) is 3. The van der Waals surface area contributed by atoms with E-state index in [0.29, 0.717) is 5.52 Å². The summed E-state index contributed by atoms with van der Waals surface area (Å²) in [5.74, 6) is -0.565. The molecule has 0 unspecified atom stereocenters. The molecule has 1 aromatic heterocycles. The van der Waals surface area contributed by atoms with Crippen LogP contribution in [0.4, 0.5) is 0 Å². The largest absolute Gasteiger partial charge is 0.464 e. The molecule has 4 heteroatoms. The minimum Gasteiger partial charge on any atom is -0.464 e. The summed E-state index contributed by atoms with van der Waals surface area (Å²) >= 11 is 0. The number of fused-ring (bicyclic) bond motifs is 1. The van der Waals surface area contributed by atoms with E-state index in [9.17, 15) is 10.0 Å². The molecular weight excluding hydrogens is 254 g/mol. The number of esters is 1. The molecule has 1 N–H and O–H groups in total. The molecule has 0 radical (unpaired) electrons. The van der Waals surface area contributed by atoms with Crippen molar-refractivity contribution in [2.45, 2.75) is 0 Å². The standard InChI is InChI=1S/C16H13NO3/c1-20-16(18)15-10-13-9-12(7-8-14(13)17(15)19)11-5-3-2-4-6-11/h2-10,19H,1H3. The van der Waals surface area contributed by atoms with Crippen molar-refractivity contribution in [3.63, 3.8) is 0 Å². The normalized spacial score (nSPS) is 10.7. The van der Waals surface area contributed by atoms with E-state index >= 15 is 0 Å². The van der Waals surface area contributed by atoms with Crippen LogP contribution in [0.3, 0.4) is 0 Å². The number of benzene rings is 2. The molecule has 4 nitrogen and oxygen atoms in total. The first kappa shape index (κ1) is 12.3. The van der Waals surface area contributed by atoms with Crippen LogP contribution in [0.2, 0.25) is 0 Å². The van der Waals surface area contributed by atoms with Gasteiger partial charge in [-0.3, -0.25) is 0 Å². The average molecular weight is 267 g/mol. The summed E-state index contributed by atoms with van der Waals surface area (Å²) in [6.07, 6.45) is 0. The second-order valence-electron chi connectivity index (χ2n) is 4.47. The van der Waals surface area contributed by atoms with Crippen LogP contribution in [-0.4, -0.2) is 23.0 Å².